The monoisotopic (exact) mass is 233 g/mol. The van der Waals surface area contributed by atoms with Gasteiger partial charge in [0.05, 0.1) is 12.6 Å². The van der Waals surface area contributed by atoms with Gasteiger partial charge in [-0.2, -0.15) is 0 Å². The van der Waals surface area contributed by atoms with E-state index in [0.29, 0.717) is 0 Å². The molecule has 0 saturated carbocycles. The summed E-state index contributed by atoms with van der Waals surface area (Å²) in [6.07, 6.45) is -1.57. The van der Waals surface area contributed by atoms with Crippen LogP contribution in [0.5, 0.6) is 0 Å². The van der Waals surface area contributed by atoms with Crippen LogP contribution in [0.25, 0.3) is 0 Å². The lowest BCUT2D eigenvalue weighted by molar-refractivity contribution is -0.322. The van der Waals surface area contributed by atoms with E-state index in [0.717, 1.165) is 0 Å². The molecule has 1 rings (SSSR count). The second-order valence-corrected chi connectivity index (χ2v) is 3.85. The number of hydrogen-bond acceptors (Lipinski definition) is 6. The van der Waals surface area contributed by atoms with Gasteiger partial charge in [0.25, 0.3) is 0 Å². The van der Waals surface area contributed by atoms with E-state index in [1.807, 2.05) is 0 Å². The zero-order chi connectivity index (χ0) is 12.3. The first-order valence-corrected chi connectivity index (χ1v) is 5.09. The molecule has 0 amide bonds. The van der Waals surface area contributed by atoms with Crippen molar-refractivity contribution in [1.82, 2.24) is 0 Å². The van der Waals surface area contributed by atoms with Gasteiger partial charge >= 0.3 is 0 Å². The molecule has 0 aromatic rings. The second kappa shape index (κ2) is 5.22. The summed E-state index contributed by atoms with van der Waals surface area (Å²) < 4.78 is 10.6. The van der Waals surface area contributed by atoms with Crippen LogP contribution in [0, 0.1) is 0 Å². The van der Waals surface area contributed by atoms with Crippen molar-refractivity contribution in [3.05, 3.63) is 12.7 Å². The van der Waals surface area contributed by atoms with Crippen molar-refractivity contribution in [1.29, 1.82) is 0 Å². The first-order valence-electron chi connectivity index (χ1n) is 5.09. The highest BCUT2D eigenvalue weighted by Gasteiger charge is 2.52. The van der Waals surface area contributed by atoms with Crippen molar-refractivity contribution in [2.24, 2.45) is 5.73 Å². The minimum Gasteiger partial charge on any atom is -0.394 e. The lowest BCUT2D eigenvalue weighted by Crippen LogP contribution is -2.68. The van der Waals surface area contributed by atoms with Gasteiger partial charge in [0.15, 0.2) is 5.79 Å². The normalized spacial score (nSPS) is 44.3. The summed E-state index contributed by atoms with van der Waals surface area (Å²) in [4.78, 5) is 0. The van der Waals surface area contributed by atoms with Gasteiger partial charge in [0, 0.05) is 13.5 Å². The number of rotatable bonds is 4. The fourth-order valence-corrected chi connectivity index (χ4v) is 1.90. The molecule has 5 atom stereocenters. The Labute approximate surface area is 94.3 Å². The summed E-state index contributed by atoms with van der Waals surface area (Å²) in [7, 11) is 1.39. The minimum atomic E-state index is -1.26. The van der Waals surface area contributed by atoms with Crippen LogP contribution in [0.2, 0.25) is 0 Å². The summed E-state index contributed by atoms with van der Waals surface area (Å²) in [6.45, 7) is 3.13. The second-order valence-electron chi connectivity index (χ2n) is 3.85. The lowest BCUT2D eigenvalue weighted by atomic mass is 9.89. The van der Waals surface area contributed by atoms with Gasteiger partial charge in [-0.05, 0) is 0 Å². The van der Waals surface area contributed by atoms with Gasteiger partial charge in [0.1, 0.15) is 18.3 Å². The molecule has 1 aliphatic heterocycles. The first-order chi connectivity index (χ1) is 7.52. The van der Waals surface area contributed by atoms with Crippen LogP contribution in [0.15, 0.2) is 12.7 Å². The predicted octanol–water partition coefficient (Wildman–Crippen LogP) is -1.65. The Morgan fingerprint density at radius 2 is 2.12 bits per heavy atom. The highest BCUT2D eigenvalue weighted by atomic mass is 16.7. The summed E-state index contributed by atoms with van der Waals surface area (Å²) >= 11 is 0. The molecule has 1 unspecified atom stereocenters. The molecular formula is C10H19NO5. The summed E-state index contributed by atoms with van der Waals surface area (Å²) in [5.41, 5.74) is 5.77. The van der Waals surface area contributed by atoms with E-state index < -0.39 is 36.7 Å². The SMILES string of the molecule is C=CCC1(OC)O[C@H](CO)[C@@H](O)[C@H](O)[C@H]1N. The first kappa shape index (κ1) is 13.6. The Morgan fingerprint density at radius 1 is 1.50 bits per heavy atom. The fraction of sp³-hybridized carbons (Fsp3) is 0.800. The van der Waals surface area contributed by atoms with Crippen molar-refractivity contribution < 1.29 is 24.8 Å². The molecule has 0 bridgehead atoms. The van der Waals surface area contributed by atoms with E-state index in [4.69, 9.17) is 20.3 Å². The van der Waals surface area contributed by atoms with Crippen molar-refractivity contribution in [3.63, 3.8) is 0 Å². The molecule has 1 saturated heterocycles. The maximum atomic E-state index is 9.76. The quantitative estimate of drug-likeness (QED) is 0.433. The van der Waals surface area contributed by atoms with Gasteiger partial charge in [-0.1, -0.05) is 6.08 Å². The zero-order valence-electron chi connectivity index (χ0n) is 9.24. The molecule has 5 N–H and O–H groups in total. The van der Waals surface area contributed by atoms with Crippen LogP contribution in [0.3, 0.4) is 0 Å². The molecule has 6 heteroatoms. The fourth-order valence-electron chi connectivity index (χ4n) is 1.90. The highest BCUT2D eigenvalue weighted by Crippen LogP contribution is 2.32. The third-order valence-corrected chi connectivity index (χ3v) is 2.91. The van der Waals surface area contributed by atoms with Crippen molar-refractivity contribution in [3.8, 4) is 0 Å². The number of aliphatic hydroxyl groups excluding tert-OH is 3. The Kier molecular flexibility index (Phi) is 4.43. The van der Waals surface area contributed by atoms with Gasteiger partial charge in [-0.3, -0.25) is 0 Å². The molecule has 0 aliphatic carbocycles. The van der Waals surface area contributed by atoms with E-state index in [-0.39, 0.29) is 6.42 Å². The Morgan fingerprint density at radius 3 is 2.56 bits per heavy atom. The molecule has 0 radical (unpaired) electrons. The number of hydrogen-bond donors (Lipinski definition) is 4. The number of ether oxygens (including phenoxy) is 2. The highest BCUT2D eigenvalue weighted by molar-refractivity contribution is 5.01. The van der Waals surface area contributed by atoms with Crippen LogP contribution in [-0.2, 0) is 9.47 Å². The predicted molar refractivity (Wildman–Crippen MR) is 56.5 cm³/mol. The molecule has 1 heterocycles. The summed E-state index contributed by atoms with van der Waals surface area (Å²) in [5.74, 6) is -1.26. The van der Waals surface area contributed by atoms with Crippen LogP contribution in [0.4, 0.5) is 0 Å². The Balaban J connectivity index is 2.95. The zero-order valence-corrected chi connectivity index (χ0v) is 9.24. The molecule has 16 heavy (non-hydrogen) atoms. The van der Waals surface area contributed by atoms with E-state index in [9.17, 15) is 10.2 Å². The third-order valence-electron chi connectivity index (χ3n) is 2.91. The largest absolute Gasteiger partial charge is 0.394 e. The standard InChI is InChI=1S/C10H19NO5/c1-3-4-10(15-2)9(11)8(14)7(13)6(5-12)16-10/h3,6-9,12-14H,1,4-5,11H2,2H3/t6-,7-,8+,9-,10?/m1/s1. The van der Waals surface area contributed by atoms with Crippen LogP contribution in [-0.4, -0.2) is 59.2 Å². The van der Waals surface area contributed by atoms with Gasteiger partial charge in [-0.25, -0.2) is 0 Å². The molecule has 94 valence electrons. The number of nitrogens with two attached hydrogens (primary N) is 1. The van der Waals surface area contributed by atoms with E-state index in [1.54, 1.807) is 6.08 Å². The summed E-state index contributed by atoms with van der Waals surface area (Å²) in [5, 5.41) is 28.4. The van der Waals surface area contributed by atoms with E-state index in [1.165, 1.54) is 7.11 Å². The molecular weight excluding hydrogens is 214 g/mol. The van der Waals surface area contributed by atoms with Crippen LogP contribution < -0.4 is 5.73 Å². The molecule has 0 aromatic carbocycles. The minimum absolute atomic E-state index is 0.255. The van der Waals surface area contributed by atoms with Crippen LogP contribution >= 0.6 is 0 Å². The van der Waals surface area contributed by atoms with E-state index >= 15 is 0 Å². The van der Waals surface area contributed by atoms with E-state index in [2.05, 4.69) is 6.58 Å². The van der Waals surface area contributed by atoms with Crippen molar-refractivity contribution in [2.45, 2.75) is 36.6 Å². The smallest absolute Gasteiger partial charge is 0.189 e. The average Bonchev–Trinajstić information content (AvgIpc) is 2.30. The number of methoxy groups -OCH3 is 1. The van der Waals surface area contributed by atoms with Crippen LogP contribution in [0.1, 0.15) is 6.42 Å². The van der Waals surface area contributed by atoms with Crippen molar-refractivity contribution >= 4 is 0 Å². The Bertz CT molecular complexity index is 247. The molecule has 6 nitrogen and oxygen atoms in total. The molecule has 1 aliphatic rings. The van der Waals surface area contributed by atoms with Gasteiger partial charge in [-0.15, -0.1) is 6.58 Å². The molecule has 0 spiro atoms. The summed E-state index contributed by atoms with van der Waals surface area (Å²) in [6, 6.07) is -0.909. The Hall–Kier alpha value is -0.500. The molecule has 1 fully saturated rings. The third kappa shape index (κ3) is 2.13. The lowest BCUT2D eigenvalue weighted by Gasteiger charge is -2.48. The molecule has 0 aromatic heterocycles. The van der Waals surface area contributed by atoms with Gasteiger partial charge < -0.3 is 30.5 Å². The maximum Gasteiger partial charge on any atom is 0.189 e. The van der Waals surface area contributed by atoms with Gasteiger partial charge in [0.2, 0.25) is 0 Å². The maximum absolute atomic E-state index is 9.76. The number of aliphatic hydroxyl groups is 3. The van der Waals surface area contributed by atoms with Crippen molar-refractivity contribution in [2.75, 3.05) is 13.7 Å². The average molecular weight is 233 g/mol. The topological polar surface area (TPSA) is 105 Å².